The molecule has 1 aromatic heterocycles. The number of halogens is 2. The Labute approximate surface area is 43.3 Å². The highest BCUT2D eigenvalue weighted by molar-refractivity contribution is 4.71. The van der Waals surface area contributed by atoms with Gasteiger partial charge in [-0.1, -0.05) is 0 Å². The van der Waals surface area contributed by atoms with Crippen LogP contribution < -0.4 is 0 Å². The maximum Gasteiger partial charge on any atom is 0.314 e. The molecule has 0 saturated carbocycles. The summed E-state index contributed by atoms with van der Waals surface area (Å²) in [5.74, 6) is -0.690. The maximum atomic E-state index is 11.4. The van der Waals surface area contributed by atoms with Crippen LogP contribution in [-0.2, 0) is 0 Å². The standard InChI is InChI=1S/C3HF2N2O/c4-2(5)3-7-6-1-8-3/h2H. The fourth-order valence-corrected chi connectivity index (χ4v) is 0.245. The molecule has 5 heteroatoms. The van der Waals surface area contributed by atoms with Gasteiger partial charge in [-0.3, -0.25) is 0 Å². The Bertz CT molecular complexity index is 150. The smallest absolute Gasteiger partial charge is 0.314 e. The fourth-order valence-electron chi connectivity index (χ4n) is 0.245. The van der Waals surface area contributed by atoms with Gasteiger partial charge in [-0.2, -0.15) is 8.78 Å². The summed E-state index contributed by atoms with van der Waals surface area (Å²) in [6.07, 6.45) is -0.891. The van der Waals surface area contributed by atoms with Crippen LogP contribution >= 0.6 is 0 Å². The van der Waals surface area contributed by atoms with E-state index in [0.29, 0.717) is 0 Å². The molecule has 1 aromatic rings. The predicted molar refractivity (Wildman–Crippen MR) is 18.1 cm³/mol. The zero-order valence-electron chi connectivity index (χ0n) is 3.64. The average Bonchev–Trinajstić information content (AvgIpc) is 2.12. The van der Waals surface area contributed by atoms with E-state index in [1.54, 1.807) is 6.39 Å². The van der Waals surface area contributed by atoms with E-state index >= 15 is 0 Å². The molecule has 0 aliphatic heterocycles. The molecule has 3 nitrogen and oxygen atoms in total. The largest absolute Gasteiger partial charge is 0.411 e. The van der Waals surface area contributed by atoms with E-state index in [0.717, 1.165) is 0 Å². The third-order valence-corrected chi connectivity index (χ3v) is 0.526. The van der Waals surface area contributed by atoms with E-state index in [4.69, 9.17) is 0 Å². The van der Waals surface area contributed by atoms with Crippen LogP contribution in [0.2, 0.25) is 0 Å². The molecule has 0 aliphatic carbocycles. The van der Waals surface area contributed by atoms with E-state index in [1.807, 2.05) is 0 Å². The van der Waals surface area contributed by atoms with E-state index in [-0.39, 0.29) is 0 Å². The van der Waals surface area contributed by atoms with Crippen molar-refractivity contribution in [2.24, 2.45) is 0 Å². The molecule has 0 N–H and O–H groups in total. The Kier molecular flexibility index (Phi) is 1.19. The molecule has 8 heavy (non-hydrogen) atoms. The summed E-state index contributed by atoms with van der Waals surface area (Å²) < 4.78 is 26.8. The molecule has 1 radical (unpaired) electrons. The van der Waals surface area contributed by atoms with Gasteiger partial charge in [-0.25, -0.2) is 0 Å². The van der Waals surface area contributed by atoms with Crippen molar-refractivity contribution in [2.75, 3.05) is 0 Å². The van der Waals surface area contributed by atoms with Gasteiger partial charge in [0.2, 0.25) is 0 Å². The molecule has 0 spiro atoms. The highest BCUT2D eigenvalue weighted by Gasteiger charge is 2.11. The molecule has 0 aromatic carbocycles. The molecule has 0 aliphatic rings. The topological polar surface area (TPSA) is 38.9 Å². The molecule has 0 bridgehead atoms. The number of nitrogens with zero attached hydrogens (tertiary/aromatic N) is 2. The lowest BCUT2D eigenvalue weighted by Gasteiger charge is -1.83. The monoisotopic (exact) mass is 119 g/mol. The Morgan fingerprint density at radius 2 is 2.38 bits per heavy atom. The molecular formula is C3HF2N2O. The predicted octanol–water partition coefficient (Wildman–Crippen LogP) is 0.807. The molecule has 0 unspecified atom stereocenters. The lowest BCUT2D eigenvalue weighted by Crippen LogP contribution is -1.81. The number of hydrogen-bond donors (Lipinski definition) is 0. The first-order valence-electron chi connectivity index (χ1n) is 1.78. The van der Waals surface area contributed by atoms with Gasteiger partial charge in [0.05, 0.1) is 0 Å². The molecule has 0 amide bonds. The van der Waals surface area contributed by atoms with Gasteiger partial charge >= 0.3 is 12.8 Å². The quantitative estimate of drug-likeness (QED) is 0.549. The third kappa shape index (κ3) is 0.800. The highest BCUT2D eigenvalue weighted by Crippen LogP contribution is 2.13. The first kappa shape index (κ1) is 5.14. The fraction of sp³-hybridized carbons (Fsp3) is 0.333. The van der Waals surface area contributed by atoms with Crippen molar-refractivity contribution < 1.29 is 13.2 Å². The van der Waals surface area contributed by atoms with Crippen molar-refractivity contribution in [3.05, 3.63) is 12.3 Å². The van der Waals surface area contributed by atoms with E-state index < -0.39 is 12.3 Å². The summed E-state index contributed by atoms with van der Waals surface area (Å²) in [7, 11) is 0. The van der Waals surface area contributed by atoms with Crippen LogP contribution in [0.5, 0.6) is 0 Å². The normalized spacial score (nSPS) is 10.4. The summed E-state index contributed by atoms with van der Waals surface area (Å²) in [4.78, 5) is 0. The molecule has 0 atom stereocenters. The number of hydrogen-bond acceptors (Lipinski definition) is 3. The van der Waals surface area contributed by atoms with Crippen LogP contribution in [0.25, 0.3) is 0 Å². The van der Waals surface area contributed by atoms with Crippen LogP contribution in [0.3, 0.4) is 0 Å². The van der Waals surface area contributed by atoms with Gasteiger partial charge in [0.25, 0.3) is 5.89 Å². The summed E-state index contributed by atoms with van der Waals surface area (Å²) in [6, 6.07) is 0. The Hall–Kier alpha value is -1.00. The first-order valence-corrected chi connectivity index (χ1v) is 1.78. The average molecular weight is 119 g/mol. The number of rotatable bonds is 1. The van der Waals surface area contributed by atoms with Crippen molar-refractivity contribution in [1.82, 2.24) is 10.2 Å². The van der Waals surface area contributed by atoms with Gasteiger partial charge in [-0.05, 0) is 0 Å². The maximum absolute atomic E-state index is 11.4. The van der Waals surface area contributed by atoms with Crippen LogP contribution in [-0.4, -0.2) is 10.2 Å². The SMILES string of the molecule is FC(F)c1nn[c]o1. The van der Waals surface area contributed by atoms with Crippen molar-refractivity contribution in [1.29, 1.82) is 0 Å². The summed E-state index contributed by atoms with van der Waals surface area (Å²) in [5, 5.41) is 5.82. The molecule has 1 rings (SSSR count). The minimum atomic E-state index is -2.69. The Morgan fingerprint density at radius 3 is 2.62 bits per heavy atom. The van der Waals surface area contributed by atoms with Crippen molar-refractivity contribution in [2.45, 2.75) is 6.43 Å². The van der Waals surface area contributed by atoms with Gasteiger partial charge in [0.1, 0.15) is 0 Å². The van der Waals surface area contributed by atoms with Crippen LogP contribution in [0.15, 0.2) is 4.42 Å². The first-order chi connectivity index (χ1) is 3.80. The van der Waals surface area contributed by atoms with Crippen LogP contribution in [0.4, 0.5) is 8.78 Å². The van der Waals surface area contributed by atoms with Crippen molar-refractivity contribution >= 4 is 0 Å². The number of alkyl halides is 2. The Morgan fingerprint density at radius 1 is 1.62 bits per heavy atom. The molecule has 1 heterocycles. The van der Waals surface area contributed by atoms with Gasteiger partial charge in [-0.15, -0.1) is 10.2 Å². The highest BCUT2D eigenvalue weighted by atomic mass is 19.3. The third-order valence-electron chi connectivity index (χ3n) is 0.526. The van der Waals surface area contributed by atoms with Crippen LogP contribution in [0.1, 0.15) is 12.3 Å². The van der Waals surface area contributed by atoms with Gasteiger partial charge < -0.3 is 4.42 Å². The summed E-state index contributed by atoms with van der Waals surface area (Å²) in [5.41, 5.74) is 0. The zero-order chi connectivity index (χ0) is 5.98. The zero-order valence-corrected chi connectivity index (χ0v) is 3.64. The second-order valence-electron chi connectivity index (χ2n) is 1.03. The van der Waals surface area contributed by atoms with Crippen LogP contribution in [0, 0.1) is 6.39 Å². The lowest BCUT2D eigenvalue weighted by molar-refractivity contribution is 0.114. The van der Waals surface area contributed by atoms with Gasteiger partial charge in [0, 0.05) is 0 Å². The molecule has 43 valence electrons. The second-order valence-corrected chi connectivity index (χ2v) is 1.03. The van der Waals surface area contributed by atoms with Crippen molar-refractivity contribution in [3.8, 4) is 0 Å². The minimum Gasteiger partial charge on any atom is -0.411 e. The Balaban J connectivity index is 2.77. The molecule has 0 saturated heterocycles. The summed E-state index contributed by atoms with van der Waals surface area (Å²) in [6.45, 7) is 0. The van der Waals surface area contributed by atoms with E-state index in [9.17, 15) is 8.78 Å². The minimum absolute atomic E-state index is 0.690. The molecular weight excluding hydrogens is 118 g/mol. The number of aromatic nitrogens is 2. The molecule has 0 fully saturated rings. The second kappa shape index (κ2) is 1.85. The van der Waals surface area contributed by atoms with E-state index in [2.05, 4.69) is 14.6 Å². The lowest BCUT2D eigenvalue weighted by atomic mass is 10.7. The summed E-state index contributed by atoms with van der Waals surface area (Å²) >= 11 is 0. The van der Waals surface area contributed by atoms with E-state index in [1.165, 1.54) is 0 Å². The van der Waals surface area contributed by atoms with Crippen molar-refractivity contribution in [3.63, 3.8) is 0 Å². The van der Waals surface area contributed by atoms with Gasteiger partial charge in [0.15, 0.2) is 0 Å².